The number of benzene rings is 4. The highest BCUT2D eigenvalue weighted by molar-refractivity contribution is 5.94. The molecule has 0 bridgehead atoms. The van der Waals surface area contributed by atoms with Gasteiger partial charge in [-0.25, -0.2) is 9.59 Å². The lowest BCUT2D eigenvalue weighted by atomic mass is 9.72. The van der Waals surface area contributed by atoms with Crippen molar-refractivity contribution < 1.29 is 23.8 Å². The lowest BCUT2D eigenvalue weighted by Crippen LogP contribution is -2.24. The van der Waals surface area contributed by atoms with E-state index in [0.717, 1.165) is 61.7 Å². The van der Waals surface area contributed by atoms with E-state index in [-0.39, 0.29) is 11.8 Å². The molecule has 0 aromatic heterocycles. The van der Waals surface area contributed by atoms with E-state index in [2.05, 4.69) is 55.6 Å². The summed E-state index contributed by atoms with van der Waals surface area (Å²) in [5.74, 6) is 1.38. The lowest BCUT2D eigenvalue weighted by Gasteiger charge is -2.37. The Hall–Kier alpha value is -5.42. The summed E-state index contributed by atoms with van der Waals surface area (Å²) >= 11 is 0. The molecule has 216 valence electrons. The summed E-state index contributed by atoms with van der Waals surface area (Å²) in [7, 11) is 0. The van der Waals surface area contributed by atoms with Crippen LogP contribution in [-0.2, 0) is 14.3 Å². The zero-order valence-corrected chi connectivity index (χ0v) is 24.6. The Bertz CT molecular complexity index is 2070. The third kappa shape index (κ3) is 4.77. The topological polar surface area (TPSA) is 61.8 Å². The molecule has 0 radical (unpaired) electrons. The summed E-state index contributed by atoms with van der Waals surface area (Å²) in [5, 5.41) is 4.20. The van der Waals surface area contributed by atoms with Crippen molar-refractivity contribution in [3.63, 3.8) is 0 Å². The van der Waals surface area contributed by atoms with Gasteiger partial charge in [0.15, 0.2) is 0 Å². The Morgan fingerprint density at radius 2 is 1.57 bits per heavy atom. The second-order valence-electron chi connectivity index (χ2n) is 11.5. The Kier molecular flexibility index (Phi) is 6.66. The number of ether oxygens (including phenoxy) is 3. The summed E-state index contributed by atoms with van der Waals surface area (Å²) in [4.78, 5) is 24.9. The van der Waals surface area contributed by atoms with E-state index in [1.807, 2.05) is 48.6 Å². The second kappa shape index (κ2) is 10.7. The van der Waals surface area contributed by atoms with Gasteiger partial charge in [0.1, 0.15) is 23.0 Å². The first kappa shape index (κ1) is 27.4. The molecule has 1 heterocycles. The molecule has 3 aliphatic rings. The SMILES string of the molecule is C=C(C)C(=O)OC1=CC2=C3C(=CCC2C=C1)Oc1ccc2ccc(OC(=O)C(=C)C)cc2c1C3c1ccc2ccccc2c1. The van der Waals surface area contributed by atoms with E-state index in [9.17, 15) is 9.59 Å². The predicted molar refractivity (Wildman–Crippen MR) is 172 cm³/mol. The summed E-state index contributed by atoms with van der Waals surface area (Å²) in [5.41, 5.74) is 4.81. The minimum Gasteiger partial charge on any atom is -0.457 e. The number of allylic oxidation sites excluding steroid dienone is 6. The Labute approximate surface area is 255 Å². The molecule has 7 rings (SSSR count). The van der Waals surface area contributed by atoms with Crippen molar-refractivity contribution in [1.82, 2.24) is 0 Å². The molecule has 4 aromatic carbocycles. The minimum absolute atomic E-state index is 0.0937. The van der Waals surface area contributed by atoms with E-state index in [1.54, 1.807) is 19.9 Å². The van der Waals surface area contributed by atoms with Gasteiger partial charge in [-0.3, -0.25) is 0 Å². The van der Waals surface area contributed by atoms with E-state index in [1.165, 1.54) is 0 Å². The van der Waals surface area contributed by atoms with Crippen molar-refractivity contribution in [2.75, 3.05) is 0 Å². The van der Waals surface area contributed by atoms with Crippen LogP contribution < -0.4 is 9.47 Å². The maximum Gasteiger partial charge on any atom is 0.338 e. The molecule has 44 heavy (non-hydrogen) atoms. The molecule has 0 amide bonds. The summed E-state index contributed by atoms with van der Waals surface area (Å²) in [6.07, 6.45) is 8.81. The van der Waals surface area contributed by atoms with Gasteiger partial charge in [-0.05, 0) is 89.4 Å². The number of hydrogen-bond acceptors (Lipinski definition) is 5. The Morgan fingerprint density at radius 1 is 0.841 bits per heavy atom. The molecular formula is C39H30O5. The molecule has 2 atom stereocenters. The highest BCUT2D eigenvalue weighted by Gasteiger charge is 2.38. The third-order valence-corrected chi connectivity index (χ3v) is 8.34. The van der Waals surface area contributed by atoms with Crippen LogP contribution in [0.3, 0.4) is 0 Å². The van der Waals surface area contributed by atoms with Crippen molar-refractivity contribution in [2.24, 2.45) is 5.92 Å². The van der Waals surface area contributed by atoms with Crippen molar-refractivity contribution in [1.29, 1.82) is 0 Å². The zero-order chi connectivity index (χ0) is 30.5. The molecule has 2 unspecified atom stereocenters. The van der Waals surface area contributed by atoms with Crippen LogP contribution in [0.4, 0.5) is 0 Å². The van der Waals surface area contributed by atoms with Crippen molar-refractivity contribution in [3.05, 3.63) is 155 Å². The number of rotatable bonds is 5. The molecule has 2 aliphatic carbocycles. The highest BCUT2D eigenvalue weighted by Crippen LogP contribution is 2.53. The Balaban J connectivity index is 1.49. The fraction of sp³-hybridized carbons (Fsp3) is 0.128. The minimum atomic E-state index is -0.474. The number of fused-ring (bicyclic) bond motifs is 6. The fourth-order valence-corrected chi connectivity index (χ4v) is 6.19. The maximum absolute atomic E-state index is 12.4. The first-order valence-corrected chi connectivity index (χ1v) is 14.6. The quantitative estimate of drug-likeness (QED) is 0.135. The van der Waals surface area contributed by atoms with Gasteiger partial charge in [0.25, 0.3) is 0 Å². The van der Waals surface area contributed by atoms with Crippen LogP contribution in [0, 0.1) is 5.92 Å². The Morgan fingerprint density at radius 3 is 2.36 bits per heavy atom. The van der Waals surface area contributed by atoms with E-state index in [4.69, 9.17) is 14.2 Å². The summed E-state index contributed by atoms with van der Waals surface area (Å²) in [6, 6.07) is 24.6. The normalized spacial score (nSPS) is 18.3. The van der Waals surface area contributed by atoms with Crippen LogP contribution in [0.2, 0.25) is 0 Å². The molecule has 1 aliphatic heterocycles. The van der Waals surface area contributed by atoms with Gasteiger partial charge in [-0.2, -0.15) is 0 Å². The number of carbonyl (C=O) groups excluding carboxylic acids is 2. The summed E-state index contributed by atoms with van der Waals surface area (Å²) in [6.45, 7) is 10.7. The van der Waals surface area contributed by atoms with Crippen LogP contribution in [0.5, 0.6) is 11.5 Å². The van der Waals surface area contributed by atoms with Crippen LogP contribution in [0.25, 0.3) is 21.5 Å². The second-order valence-corrected chi connectivity index (χ2v) is 11.5. The molecule has 0 fully saturated rings. The van der Waals surface area contributed by atoms with Gasteiger partial charge >= 0.3 is 11.9 Å². The molecule has 0 N–H and O–H groups in total. The van der Waals surface area contributed by atoms with Crippen molar-refractivity contribution in [3.8, 4) is 11.5 Å². The van der Waals surface area contributed by atoms with Gasteiger partial charge in [0.05, 0.1) is 0 Å². The highest BCUT2D eigenvalue weighted by atomic mass is 16.5. The zero-order valence-electron chi connectivity index (χ0n) is 24.6. The van der Waals surface area contributed by atoms with Gasteiger partial charge in [-0.1, -0.05) is 73.8 Å². The van der Waals surface area contributed by atoms with Crippen molar-refractivity contribution in [2.45, 2.75) is 26.2 Å². The molecule has 0 saturated heterocycles. The van der Waals surface area contributed by atoms with E-state index in [0.29, 0.717) is 22.7 Å². The van der Waals surface area contributed by atoms with Gasteiger partial charge in [0.2, 0.25) is 0 Å². The smallest absolute Gasteiger partial charge is 0.338 e. The molecule has 0 spiro atoms. The van der Waals surface area contributed by atoms with Crippen LogP contribution >= 0.6 is 0 Å². The summed E-state index contributed by atoms with van der Waals surface area (Å²) < 4.78 is 18.0. The van der Waals surface area contributed by atoms with Crippen molar-refractivity contribution >= 4 is 33.5 Å². The molecular weight excluding hydrogens is 548 g/mol. The van der Waals surface area contributed by atoms with Crippen LogP contribution in [0.15, 0.2) is 144 Å². The maximum atomic E-state index is 12.4. The standard InChI is InChI=1S/C39H30O5/c1-22(2)38(40)42-29-15-11-25-13-17-33-36(31(25)20-29)35(28-10-9-24-7-5-6-8-27(24)19-28)37-32-21-30(43-39(41)23(3)4)16-12-26(32)14-18-34(37)44-33/h5-13,15-21,26,35H,1,3,14H2,2,4H3. The molecule has 5 nitrogen and oxygen atoms in total. The van der Waals surface area contributed by atoms with Gasteiger partial charge in [0, 0.05) is 34.1 Å². The average molecular weight is 579 g/mol. The average Bonchev–Trinajstić information content (AvgIpc) is 3.03. The van der Waals surface area contributed by atoms with Crippen LogP contribution in [0.1, 0.15) is 37.3 Å². The van der Waals surface area contributed by atoms with E-state index >= 15 is 0 Å². The molecule has 0 saturated carbocycles. The number of esters is 2. The molecule has 5 heteroatoms. The predicted octanol–water partition coefficient (Wildman–Crippen LogP) is 8.77. The first-order chi connectivity index (χ1) is 21.3. The fourth-order valence-electron chi connectivity index (χ4n) is 6.19. The lowest BCUT2D eigenvalue weighted by molar-refractivity contribution is -0.134. The number of carbonyl (C=O) groups is 2. The van der Waals surface area contributed by atoms with Gasteiger partial charge in [-0.15, -0.1) is 0 Å². The largest absolute Gasteiger partial charge is 0.457 e. The first-order valence-electron chi connectivity index (χ1n) is 14.6. The third-order valence-electron chi connectivity index (χ3n) is 8.34. The van der Waals surface area contributed by atoms with Crippen LogP contribution in [-0.4, -0.2) is 11.9 Å². The molecule has 4 aromatic rings. The van der Waals surface area contributed by atoms with Gasteiger partial charge < -0.3 is 14.2 Å². The number of hydrogen-bond donors (Lipinski definition) is 0. The van der Waals surface area contributed by atoms with E-state index < -0.39 is 11.9 Å². The monoisotopic (exact) mass is 578 g/mol.